The summed E-state index contributed by atoms with van der Waals surface area (Å²) in [4.78, 5) is 36.0. The number of benzene rings is 1. The van der Waals surface area contributed by atoms with Crippen molar-refractivity contribution in [3.8, 4) is 0 Å². The van der Waals surface area contributed by atoms with Crippen LogP contribution in [0.15, 0.2) is 46.1 Å². The second-order valence-electron chi connectivity index (χ2n) is 3.78. The molecule has 18 heavy (non-hydrogen) atoms. The molecule has 0 spiro atoms. The Morgan fingerprint density at radius 3 is 2.50 bits per heavy atom. The number of hydrogen-bond donors (Lipinski definition) is 2. The van der Waals surface area contributed by atoms with Crippen LogP contribution in [0.25, 0.3) is 0 Å². The van der Waals surface area contributed by atoms with Crippen LogP contribution < -0.4 is 17.0 Å². The highest BCUT2D eigenvalue weighted by molar-refractivity contribution is 5.91. The van der Waals surface area contributed by atoms with E-state index in [2.05, 4.69) is 4.98 Å². The second kappa shape index (κ2) is 4.70. The van der Waals surface area contributed by atoms with E-state index in [-0.39, 0.29) is 12.1 Å². The predicted molar refractivity (Wildman–Crippen MR) is 65.4 cm³/mol. The molecule has 1 amide bonds. The molecule has 0 aliphatic carbocycles. The summed E-state index contributed by atoms with van der Waals surface area (Å²) in [5.41, 5.74) is 4.36. The molecular weight excluding hydrogens is 234 g/mol. The van der Waals surface area contributed by atoms with Gasteiger partial charge >= 0.3 is 5.69 Å². The third-order valence-corrected chi connectivity index (χ3v) is 2.47. The highest BCUT2D eigenvalue weighted by Gasteiger charge is 2.09. The molecule has 0 fully saturated rings. The number of carbonyl (C=O) groups excluding carboxylic acids is 1. The van der Waals surface area contributed by atoms with Crippen LogP contribution in [-0.4, -0.2) is 15.5 Å². The van der Waals surface area contributed by atoms with Crippen LogP contribution in [0.1, 0.15) is 15.9 Å². The number of hydrogen-bond acceptors (Lipinski definition) is 3. The Morgan fingerprint density at radius 1 is 1.22 bits per heavy atom. The summed E-state index contributed by atoms with van der Waals surface area (Å²) >= 11 is 0. The van der Waals surface area contributed by atoms with Gasteiger partial charge in [0.1, 0.15) is 5.56 Å². The van der Waals surface area contributed by atoms with Gasteiger partial charge in [0.15, 0.2) is 0 Å². The van der Waals surface area contributed by atoms with Crippen molar-refractivity contribution in [2.45, 2.75) is 6.54 Å². The van der Waals surface area contributed by atoms with Crippen molar-refractivity contribution in [2.75, 3.05) is 0 Å². The molecule has 2 rings (SSSR count). The summed E-state index contributed by atoms with van der Waals surface area (Å²) in [5, 5.41) is 0. The number of nitrogens with one attached hydrogen (secondary N) is 1. The molecule has 1 heterocycles. The number of primary amides is 1. The minimum atomic E-state index is -0.863. The SMILES string of the molecule is NC(=O)c1cn(Cc2ccccc2)c(=O)[nH]c1=O. The molecule has 6 nitrogen and oxygen atoms in total. The zero-order valence-corrected chi connectivity index (χ0v) is 9.42. The highest BCUT2D eigenvalue weighted by Crippen LogP contribution is 2.00. The topological polar surface area (TPSA) is 97.9 Å². The summed E-state index contributed by atoms with van der Waals surface area (Å²) in [7, 11) is 0. The van der Waals surface area contributed by atoms with Gasteiger partial charge in [-0.2, -0.15) is 0 Å². The number of nitrogens with two attached hydrogens (primary N) is 1. The van der Waals surface area contributed by atoms with Crippen molar-refractivity contribution < 1.29 is 4.79 Å². The Bertz CT molecular complexity index is 686. The van der Waals surface area contributed by atoms with Gasteiger partial charge in [0, 0.05) is 6.20 Å². The molecule has 0 saturated carbocycles. The third-order valence-electron chi connectivity index (χ3n) is 2.47. The van der Waals surface area contributed by atoms with Gasteiger partial charge < -0.3 is 5.73 Å². The first-order valence-electron chi connectivity index (χ1n) is 5.25. The third kappa shape index (κ3) is 2.37. The molecule has 1 aromatic heterocycles. The lowest BCUT2D eigenvalue weighted by atomic mass is 10.2. The number of rotatable bonds is 3. The summed E-state index contributed by atoms with van der Waals surface area (Å²) in [6.45, 7) is 0.261. The lowest BCUT2D eigenvalue weighted by molar-refractivity contribution is 0.0998. The van der Waals surface area contributed by atoms with E-state index in [1.54, 1.807) is 0 Å². The second-order valence-corrected chi connectivity index (χ2v) is 3.78. The van der Waals surface area contributed by atoms with Crippen molar-refractivity contribution >= 4 is 5.91 Å². The van der Waals surface area contributed by atoms with E-state index in [9.17, 15) is 14.4 Å². The predicted octanol–water partition coefficient (Wildman–Crippen LogP) is -0.316. The maximum atomic E-state index is 11.6. The fourth-order valence-corrected chi connectivity index (χ4v) is 1.58. The lowest BCUT2D eigenvalue weighted by Gasteiger charge is -2.06. The lowest BCUT2D eigenvalue weighted by Crippen LogP contribution is -2.35. The van der Waals surface area contributed by atoms with Crippen LogP contribution in [0.2, 0.25) is 0 Å². The molecule has 0 aliphatic rings. The van der Waals surface area contributed by atoms with Crippen LogP contribution in [0.4, 0.5) is 0 Å². The van der Waals surface area contributed by atoms with Gasteiger partial charge in [-0.1, -0.05) is 30.3 Å². The van der Waals surface area contributed by atoms with Crippen LogP contribution in [0, 0.1) is 0 Å². The largest absolute Gasteiger partial charge is 0.365 e. The maximum absolute atomic E-state index is 11.6. The van der Waals surface area contributed by atoms with E-state index in [1.807, 2.05) is 30.3 Å². The molecule has 0 radical (unpaired) electrons. The van der Waals surface area contributed by atoms with Crippen molar-refractivity contribution in [3.63, 3.8) is 0 Å². The van der Waals surface area contributed by atoms with E-state index >= 15 is 0 Å². The fourth-order valence-electron chi connectivity index (χ4n) is 1.58. The monoisotopic (exact) mass is 245 g/mol. The quantitative estimate of drug-likeness (QED) is 0.775. The van der Waals surface area contributed by atoms with Gasteiger partial charge in [-0.3, -0.25) is 19.1 Å². The van der Waals surface area contributed by atoms with Gasteiger partial charge in [-0.25, -0.2) is 4.79 Å². The Labute approximate surface area is 102 Å². The average Bonchev–Trinajstić information content (AvgIpc) is 2.33. The first kappa shape index (κ1) is 11.8. The number of amides is 1. The molecule has 0 aliphatic heterocycles. The van der Waals surface area contributed by atoms with Crippen molar-refractivity contribution in [2.24, 2.45) is 5.73 Å². The van der Waals surface area contributed by atoms with Crippen molar-refractivity contribution in [1.29, 1.82) is 0 Å². The Balaban J connectivity index is 2.46. The average molecular weight is 245 g/mol. The molecule has 92 valence electrons. The van der Waals surface area contributed by atoms with Crippen LogP contribution >= 0.6 is 0 Å². The van der Waals surface area contributed by atoms with Gasteiger partial charge in [0.25, 0.3) is 11.5 Å². The normalized spacial score (nSPS) is 10.2. The van der Waals surface area contributed by atoms with E-state index in [0.717, 1.165) is 5.56 Å². The molecule has 0 bridgehead atoms. The molecule has 0 unspecified atom stereocenters. The summed E-state index contributed by atoms with van der Waals surface area (Å²) in [5.74, 6) is -0.863. The molecular formula is C12H11N3O3. The molecule has 2 aromatic rings. The molecule has 6 heteroatoms. The Morgan fingerprint density at radius 2 is 1.89 bits per heavy atom. The molecule has 0 atom stereocenters. The van der Waals surface area contributed by atoms with Gasteiger partial charge in [0.2, 0.25) is 0 Å². The number of carbonyl (C=O) groups is 1. The number of nitrogens with zero attached hydrogens (tertiary/aromatic N) is 1. The smallest absolute Gasteiger partial charge is 0.328 e. The van der Waals surface area contributed by atoms with E-state index in [1.165, 1.54) is 10.8 Å². The number of aromatic amines is 1. The van der Waals surface area contributed by atoms with Crippen molar-refractivity contribution in [3.05, 3.63) is 68.5 Å². The van der Waals surface area contributed by atoms with Crippen LogP contribution in [0.5, 0.6) is 0 Å². The summed E-state index contributed by atoms with van der Waals surface area (Å²) < 4.78 is 1.23. The molecule has 3 N–H and O–H groups in total. The fraction of sp³-hybridized carbons (Fsp3) is 0.0833. The van der Waals surface area contributed by atoms with E-state index < -0.39 is 17.2 Å². The zero-order chi connectivity index (χ0) is 13.1. The number of H-pyrrole nitrogens is 1. The Hall–Kier alpha value is -2.63. The highest BCUT2D eigenvalue weighted by atomic mass is 16.2. The van der Waals surface area contributed by atoms with Crippen LogP contribution in [0.3, 0.4) is 0 Å². The summed E-state index contributed by atoms with van der Waals surface area (Å²) in [6, 6.07) is 9.19. The first-order chi connectivity index (χ1) is 8.58. The zero-order valence-electron chi connectivity index (χ0n) is 9.42. The Kier molecular flexibility index (Phi) is 3.09. The molecule has 1 aromatic carbocycles. The number of aromatic nitrogens is 2. The van der Waals surface area contributed by atoms with Crippen LogP contribution in [-0.2, 0) is 6.54 Å². The standard InChI is InChI=1S/C12H11N3O3/c13-10(16)9-7-15(12(18)14-11(9)17)6-8-4-2-1-3-5-8/h1-5,7H,6H2,(H2,13,16)(H,14,17,18). The first-order valence-corrected chi connectivity index (χ1v) is 5.25. The van der Waals surface area contributed by atoms with Gasteiger partial charge in [0.05, 0.1) is 6.54 Å². The van der Waals surface area contributed by atoms with Crippen molar-refractivity contribution in [1.82, 2.24) is 9.55 Å². The summed E-state index contributed by atoms with van der Waals surface area (Å²) in [6.07, 6.45) is 1.18. The van der Waals surface area contributed by atoms with Gasteiger partial charge in [-0.05, 0) is 5.56 Å². The molecule has 0 saturated heterocycles. The minimum absolute atomic E-state index is 0.231. The van der Waals surface area contributed by atoms with E-state index in [0.29, 0.717) is 0 Å². The maximum Gasteiger partial charge on any atom is 0.328 e. The van der Waals surface area contributed by atoms with E-state index in [4.69, 9.17) is 5.73 Å². The minimum Gasteiger partial charge on any atom is -0.365 e. The van der Waals surface area contributed by atoms with Gasteiger partial charge in [-0.15, -0.1) is 0 Å².